The van der Waals surface area contributed by atoms with Gasteiger partial charge in [-0.25, -0.2) is 0 Å². The molecule has 0 N–H and O–H groups in total. The predicted molar refractivity (Wildman–Crippen MR) is 125 cm³/mol. The molecular formula is C26H39NS. The molecular weight excluding hydrogens is 358 g/mol. The van der Waals surface area contributed by atoms with E-state index in [2.05, 4.69) is 48.3 Å². The van der Waals surface area contributed by atoms with Crippen molar-refractivity contribution in [1.82, 2.24) is 0 Å². The van der Waals surface area contributed by atoms with Crippen molar-refractivity contribution in [3.05, 3.63) is 29.8 Å². The highest BCUT2D eigenvalue weighted by molar-refractivity contribution is 7.78. The molecule has 0 saturated heterocycles. The van der Waals surface area contributed by atoms with Crippen LogP contribution in [0.25, 0.3) is 0 Å². The zero-order valence-electron chi connectivity index (χ0n) is 18.0. The topological polar surface area (TPSA) is 12.4 Å². The zero-order chi connectivity index (χ0) is 19.8. The van der Waals surface area contributed by atoms with E-state index in [1.165, 1.54) is 82.6 Å². The maximum atomic E-state index is 4.70. The molecule has 0 heterocycles. The van der Waals surface area contributed by atoms with Crippen molar-refractivity contribution in [1.29, 1.82) is 0 Å². The average molecular weight is 398 g/mol. The molecule has 2 saturated carbocycles. The zero-order valence-corrected chi connectivity index (χ0v) is 18.9. The van der Waals surface area contributed by atoms with Crippen LogP contribution in [0.4, 0.5) is 5.69 Å². The molecule has 28 heavy (non-hydrogen) atoms. The molecule has 0 aliphatic heterocycles. The lowest BCUT2D eigenvalue weighted by molar-refractivity contribution is 0.131. The summed E-state index contributed by atoms with van der Waals surface area (Å²) >= 11 is 4.70. The van der Waals surface area contributed by atoms with E-state index in [0.29, 0.717) is 0 Å². The number of rotatable bonds is 8. The minimum absolute atomic E-state index is 0.739. The van der Waals surface area contributed by atoms with Gasteiger partial charge < -0.3 is 0 Å². The van der Waals surface area contributed by atoms with Crippen molar-refractivity contribution >= 4 is 23.1 Å². The average Bonchev–Trinajstić information content (AvgIpc) is 2.75. The Balaban J connectivity index is 1.42. The van der Waals surface area contributed by atoms with E-state index in [9.17, 15) is 0 Å². The lowest BCUT2D eigenvalue weighted by Gasteiger charge is -2.39. The standard InChI is InChI=1S/C26H39NS/c1-3-4-5-6-21-7-9-22(10-8-21)20(2)23-11-13-24(14-12-23)25-15-17-26(18-16-25)27-19-28/h15-18,20-24H,3-14H2,1-2H3. The van der Waals surface area contributed by atoms with Crippen LogP contribution in [-0.4, -0.2) is 5.16 Å². The molecule has 2 aliphatic carbocycles. The van der Waals surface area contributed by atoms with E-state index >= 15 is 0 Å². The normalized spacial score (nSPS) is 29.1. The van der Waals surface area contributed by atoms with Gasteiger partial charge in [0, 0.05) is 0 Å². The minimum atomic E-state index is 0.739. The largest absolute Gasteiger partial charge is 0.195 e. The molecule has 154 valence electrons. The van der Waals surface area contributed by atoms with Gasteiger partial charge in [-0.3, -0.25) is 0 Å². The summed E-state index contributed by atoms with van der Waals surface area (Å²) in [7, 11) is 0. The third-order valence-corrected chi connectivity index (χ3v) is 8.00. The maximum absolute atomic E-state index is 4.70. The van der Waals surface area contributed by atoms with E-state index in [1.54, 1.807) is 0 Å². The number of benzene rings is 1. The Morgan fingerprint density at radius 1 is 0.929 bits per heavy atom. The maximum Gasteiger partial charge on any atom is 0.0739 e. The van der Waals surface area contributed by atoms with Gasteiger partial charge in [-0.2, -0.15) is 4.99 Å². The van der Waals surface area contributed by atoms with Crippen LogP contribution in [0.3, 0.4) is 0 Å². The Bertz CT molecular complexity index is 614. The second kappa shape index (κ2) is 11.3. The molecule has 0 amide bonds. The minimum Gasteiger partial charge on any atom is -0.195 e. The summed E-state index contributed by atoms with van der Waals surface area (Å²) in [6.45, 7) is 4.89. The fourth-order valence-electron chi connectivity index (χ4n) is 5.92. The van der Waals surface area contributed by atoms with Crippen molar-refractivity contribution in [3.8, 4) is 0 Å². The van der Waals surface area contributed by atoms with E-state index in [4.69, 9.17) is 12.2 Å². The lowest BCUT2D eigenvalue weighted by Crippen LogP contribution is -2.28. The highest BCUT2D eigenvalue weighted by atomic mass is 32.1. The van der Waals surface area contributed by atoms with Gasteiger partial charge in [-0.05, 0) is 98.0 Å². The molecule has 0 bridgehead atoms. The Kier molecular flexibility index (Phi) is 8.74. The third kappa shape index (κ3) is 6.01. The Labute approximate surface area is 178 Å². The molecule has 0 aromatic heterocycles. The number of thiocarbonyl (C=S) groups is 1. The highest BCUT2D eigenvalue weighted by Gasteiger charge is 2.32. The van der Waals surface area contributed by atoms with Gasteiger partial charge in [0.1, 0.15) is 0 Å². The van der Waals surface area contributed by atoms with E-state index in [0.717, 1.165) is 35.3 Å². The monoisotopic (exact) mass is 397 g/mol. The van der Waals surface area contributed by atoms with E-state index in [-0.39, 0.29) is 0 Å². The van der Waals surface area contributed by atoms with Crippen LogP contribution in [0.5, 0.6) is 0 Å². The quantitative estimate of drug-likeness (QED) is 0.243. The molecule has 2 aliphatic rings. The lowest BCUT2D eigenvalue weighted by atomic mass is 9.66. The number of hydrogen-bond donors (Lipinski definition) is 0. The third-order valence-electron chi connectivity index (χ3n) is 7.91. The number of aliphatic imine (C=N–C) groups is 1. The first kappa shape index (κ1) is 21.7. The van der Waals surface area contributed by atoms with Crippen LogP contribution >= 0.6 is 12.2 Å². The van der Waals surface area contributed by atoms with Gasteiger partial charge in [0.05, 0.1) is 10.8 Å². The van der Waals surface area contributed by atoms with Crippen LogP contribution in [-0.2, 0) is 0 Å². The molecule has 0 spiro atoms. The predicted octanol–water partition coefficient (Wildman–Crippen LogP) is 8.72. The van der Waals surface area contributed by atoms with Gasteiger partial charge in [0.25, 0.3) is 0 Å². The summed E-state index contributed by atoms with van der Waals surface area (Å²) in [5, 5.41) is 2.46. The molecule has 1 nitrogen and oxygen atoms in total. The van der Waals surface area contributed by atoms with Gasteiger partial charge >= 0.3 is 0 Å². The Hall–Kier alpha value is -0.980. The molecule has 2 heteroatoms. The summed E-state index contributed by atoms with van der Waals surface area (Å²) < 4.78 is 0. The number of unbranched alkanes of at least 4 members (excludes halogenated alkanes) is 2. The second-order valence-electron chi connectivity index (χ2n) is 9.54. The molecule has 1 atom stereocenters. The van der Waals surface area contributed by atoms with Crippen LogP contribution < -0.4 is 0 Å². The fourth-order valence-corrected chi connectivity index (χ4v) is 6.03. The van der Waals surface area contributed by atoms with E-state index < -0.39 is 0 Å². The second-order valence-corrected chi connectivity index (χ2v) is 9.72. The number of nitrogens with zero attached hydrogens (tertiary/aromatic N) is 1. The van der Waals surface area contributed by atoms with Crippen molar-refractivity contribution in [3.63, 3.8) is 0 Å². The van der Waals surface area contributed by atoms with Gasteiger partial charge in [0.15, 0.2) is 0 Å². The van der Waals surface area contributed by atoms with Crippen molar-refractivity contribution in [2.75, 3.05) is 0 Å². The van der Waals surface area contributed by atoms with Crippen LogP contribution in [0, 0.1) is 23.7 Å². The summed E-state index contributed by atoms with van der Waals surface area (Å²) in [6, 6.07) is 8.67. The SMILES string of the molecule is CCCCCC1CCC(C(C)C2CCC(c3ccc(N=C=S)cc3)CC2)CC1. The fraction of sp³-hybridized carbons (Fsp3) is 0.731. The van der Waals surface area contributed by atoms with Gasteiger partial charge in [-0.1, -0.05) is 64.5 Å². The molecule has 1 aromatic carbocycles. The Morgan fingerprint density at radius 2 is 1.54 bits per heavy atom. The summed E-state index contributed by atoms with van der Waals surface area (Å²) in [5.74, 6) is 4.66. The van der Waals surface area contributed by atoms with Crippen molar-refractivity contribution < 1.29 is 0 Å². The van der Waals surface area contributed by atoms with Crippen LogP contribution in [0.15, 0.2) is 29.3 Å². The summed E-state index contributed by atoms with van der Waals surface area (Å²) in [4.78, 5) is 4.07. The first-order valence-electron chi connectivity index (χ1n) is 11.9. The molecule has 2 fully saturated rings. The van der Waals surface area contributed by atoms with Crippen LogP contribution in [0.1, 0.15) is 102 Å². The molecule has 1 aromatic rings. The first-order valence-corrected chi connectivity index (χ1v) is 12.3. The molecule has 1 unspecified atom stereocenters. The molecule has 3 rings (SSSR count). The molecule has 0 radical (unpaired) electrons. The van der Waals surface area contributed by atoms with Gasteiger partial charge in [-0.15, -0.1) is 0 Å². The van der Waals surface area contributed by atoms with Crippen LogP contribution in [0.2, 0.25) is 0 Å². The Morgan fingerprint density at radius 3 is 2.11 bits per heavy atom. The van der Waals surface area contributed by atoms with E-state index in [1.807, 2.05) is 0 Å². The smallest absolute Gasteiger partial charge is 0.0739 e. The van der Waals surface area contributed by atoms with Gasteiger partial charge in [0.2, 0.25) is 0 Å². The first-order chi connectivity index (χ1) is 13.7. The number of hydrogen-bond acceptors (Lipinski definition) is 2. The van der Waals surface area contributed by atoms with Crippen molar-refractivity contribution in [2.45, 2.75) is 96.8 Å². The summed E-state index contributed by atoms with van der Waals surface area (Å²) in [5.41, 5.74) is 2.41. The number of isothiocyanates is 1. The highest BCUT2D eigenvalue weighted by Crippen LogP contribution is 2.44. The van der Waals surface area contributed by atoms with Crippen molar-refractivity contribution in [2.24, 2.45) is 28.7 Å². The summed E-state index contributed by atoms with van der Waals surface area (Å²) in [6.07, 6.45) is 17.3.